The molecule has 4 heterocycles. The van der Waals surface area contributed by atoms with Gasteiger partial charge >= 0.3 is 0 Å². The van der Waals surface area contributed by atoms with Crippen LogP contribution in [0, 0.1) is 11.8 Å². The summed E-state index contributed by atoms with van der Waals surface area (Å²) in [6, 6.07) is 4.71. The van der Waals surface area contributed by atoms with Crippen LogP contribution in [-0.2, 0) is 17.8 Å². The number of rotatable bonds is 4. The van der Waals surface area contributed by atoms with Crippen molar-refractivity contribution < 1.29 is 18.4 Å². The van der Waals surface area contributed by atoms with E-state index in [1.54, 1.807) is 6.07 Å². The Labute approximate surface area is 190 Å². The molecule has 1 aromatic heterocycles. The number of hydrogen-bond donors (Lipinski definition) is 2. The summed E-state index contributed by atoms with van der Waals surface area (Å²) in [5, 5.41) is 5.19. The van der Waals surface area contributed by atoms with Crippen molar-refractivity contribution in [2.45, 2.75) is 25.9 Å². The average molecular weight is 456 g/mol. The summed E-state index contributed by atoms with van der Waals surface area (Å²) >= 11 is 0. The van der Waals surface area contributed by atoms with E-state index in [-0.39, 0.29) is 23.5 Å². The minimum atomic E-state index is -0.678. The second kappa shape index (κ2) is 8.26. The maximum absolute atomic E-state index is 15.3. The lowest BCUT2D eigenvalue weighted by Crippen LogP contribution is -2.46. The number of anilines is 3. The molecule has 1 fully saturated rings. The van der Waals surface area contributed by atoms with E-state index in [0.717, 1.165) is 24.2 Å². The molecule has 33 heavy (non-hydrogen) atoms. The first kappa shape index (κ1) is 21.6. The molecular formula is C23H26F2N6O2. The normalized spacial score (nSPS) is 20.0. The highest BCUT2D eigenvalue weighted by molar-refractivity contribution is 6.05. The lowest BCUT2D eigenvalue weighted by atomic mass is 10.0. The van der Waals surface area contributed by atoms with Crippen LogP contribution in [0.3, 0.4) is 0 Å². The number of piperazine rings is 1. The van der Waals surface area contributed by atoms with Crippen molar-refractivity contribution in [1.82, 2.24) is 15.2 Å². The number of amides is 2. The molecule has 3 aliphatic rings. The fourth-order valence-electron chi connectivity index (χ4n) is 4.93. The maximum Gasteiger partial charge on any atom is 0.269 e. The number of halogens is 2. The molecule has 0 radical (unpaired) electrons. The first-order valence-electron chi connectivity index (χ1n) is 11.1. The van der Waals surface area contributed by atoms with Crippen LogP contribution in [0.2, 0.25) is 0 Å². The molecular weight excluding hydrogens is 430 g/mol. The van der Waals surface area contributed by atoms with E-state index < -0.39 is 11.9 Å². The molecule has 1 saturated heterocycles. The molecule has 1 unspecified atom stereocenters. The van der Waals surface area contributed by atoms with E-state index in [1.165, 1.54) is 13.1 Å². The number of carbonyl (C=O) groups excluding carboxylic acids is 2. The van der Waals surface area contributed by atoms with E-state index in [1.807, 2.05) is 22.8 Å². The number of aromatic nitrogens is 1. The molecule has 0 aliphatic carbocycles. The van der Waals surface area contributed by atoms with E-state index in [2.05, 4.69) is 20.5 Å². The highest BCUT2D eigenvalue weighted by Gasteiger charge is 2.37. The van der Waals surface area contributed by atoms with Gasteiger partial charge in [-0.3, -0.25) is 14.5 Å². The van der Waals surface area contributed by atoms with Gasteiger partial charge in [0.05, 0.1) is 11.4 Å². The molecule has 8 nitrogen and oxygen atoms in total. The number of nitrogens with zero attached hydrogens (tertiary/aromatic N) is 4. The number of nitrogens with one attached hydrogen (secondary N) is 2. The van der Waals surface area contributed by atoms with Crippen molar-refractivity contribution in [3.63, 3.8) is 0 Å². The third-order valence-electron chi connectivity index (χ3n) is 6.79. The zero-order valence-corrected chi connectivity index (χ0v) is 18.6. The second-order valence-electron chi connectivity index (χ2n) is 8.69. The monoisotopic (exact) mass is 456 g/mol. The van der Waals surface area contributed by atoms with Gasteiger partial charge in [-0.25, -0.2) is 9.37 Å². The second-order valence-corrected chi connectivity index (χ2v) is 8.69. The summed E-state index contributed by atoms with van der Waals surface area (Å²) in [5.74, 6) is -1.67. The quantitative estimate of drug-likeness (QED) is 0.683. The van der Waals surface area contributed by atoms with Crippen LogP contribution in [0.25, 0.3) is 0 Å². The molecule has 2 amide bonds. The van der Waals surface area contributed by atoms with Gasteiger partial charge in [0.25, 0.3) is 5.91 Å². The van der Waals surface area contributed by atoms with Gasteiger partial charge in [-0.05, 0) is 37.1 Å². The largest absolute Gasteiger partial charge is 0.365 e. The topological polar surface area (TPSA) is 80.8 Å². The van der Waals surface area contributed by atoms with Crippen molar-refractivity contribution in [2.75, 3.05) is 54.9 Å². The lowest BCUT2D eigenvalue weighted by Gasteiger charge is -2.37. The summed E-state index contributed by atoms with van der Waals surface area (Å²) in [5.41, 5.74) is 3.14. The average Bonchev–Trinajstić information content (AvgIpc) is 3.24. The van der Waals surface area contributed by atoms with Crippen molar-refractivity contribution in [1.29, 1.82) is 0 Å². The summed E-state index contributed by atoms with van der Waals surface area (Å²) in [6.07, 6.45) is 0.793. The lowest BCUT2D eigenvalue weighted by molar-refractivity contribution is -0.117. The minimum Gasteiger partial charge on any atom is -0.365 e. The van der Waals surface area contributed by atoms with Crippen molar-refractivity contribution in [3.8, 4) is 0 Å². The molecule has 10 heteroatoms. The minimum absolute atomic E-state index is 0.0356. The van der Waals surface area contributed by atoms with E-state index in [4.69, 9.17) is 0 Å². The van der Waals surface area contributed by atoms with Gasteiger partial charge < -0.3 is 20.4 Å². The predicted molar refractivity (Wildman–Crippen MR) is 121 cm³/mol. The van der Waals surface area contributed by atoms with Crippen molar-refractivity contribution in [3.05, 3.63) is 46.8 Å². The van der Waals surface area contributed by atoms with Crippen LogP contribution in [-0.4, -0.2) is 67.5 Å². The van der Waals surface area contributed by atoms with Crippen molar-refractivity contribution >= 4 is 28.9 Å². The third-order valence-corrected chi connectivity index (χ3v) is 6.79. The van der Waals surface area contributed by atoms with Crippen LogP contribution in [0.5, 0.6) is 0 Å². The van der Waals surface area contributed by atoms with Crippen molar-refractivity contribution in [2.24, 2.45) is 0 Å². The molecule has 1 atom stereocenters. The summed E-state index contributed by atoms with van der Waals surface area (Å²) < 4.78 is 29.8. The Hall–Kier alpha value is -3.27. The highest BCUT2D eigenvalue weighted by Crippen LogP contribution is 2.43. The Morgan fingerprint density at radius 3 is 2.67 bits per heavy atom. The fourth-order valence-corrected chi connectivity index (χ4v) is 4.93. The van der Waals surface area contributed by atoms with Gasteiger partial charge in [-0.1, -0.05) is 0 Å². The van der Waals surface area contributed by atoms with Crippen LogP contribution < -0.4 is 20.4 Å². The van der Waals surface area contributed by atoms with Gasteiger partial charge in [0.15, 0.2) is 5.82 Å². The first-order valence-corrected chi connectivity index (χ1v) is 11.1. The Morgan fingerprint density at radius 1 is 1.21 bits per heavy atom. The molecule has 2 aromatic rings. The number of carbonyl (C=O) groups is 2. The van der Waals surface area contributed by atoms with Gasteiger partial charge in [-0.15, -0.1) is 0 Å². The summed E-state index contributed by atoms with van der Waals surface area (Å²) in [6.45, 7) is 5.33. The molecule has 5 rings (SSSR count). The zero-order chi connectivity index (χ0) is 23.3. The number of benzene rings is 1. The van der Waals surface area contributed by atoms with Gasteiger partial charge in [0.2, 0.25) is 11.9 Å². The molecule has 1 aromatic carbocycles. The zero-order valence-electron chi connectivity index (χ0n) is 18.6. The van der Waals surface area contributed by atoms with E-state index >= 15 is 4.39 Å². The molecule has 3 aliphatic heterocycles. The maximum atomic E-state index is 15.3. The molecule has 174 valence electrons. The summed E-state index contributed by atoms with van der Waals surface area (Å²) in [4.78, 5) is 33.7. The van der Waals surface area contributed by atoms with Gasteiger partial charge in [-0.2, -0.15) is 4.39 Å². The van der Waals surface area contributed by atoms with Crippen LogP contribution in [0.4, 0.5) is 25.8 Å². The Morgan fingerprint density at radius 2 is 1.97 bits per heavy atom. The first-order chi connectivity index (χ1) is 15.9. The molecule has 0 saturated carbocycles. The number of pyridine rings is 1. The van der Waals surface area contributed by atoms with E-state index in [9.17, 15) is 14.0 Å². The SMILES string of the molecule is CNC(=O)c1ccc(N2CCN(Cc3cc4c5c(c3F)NC(=O)C(C)N5CC4)CC2)c(F)n1. The third kappa shape index (κ3) is 3.68. The van der Waals surface area contributed by atoms with Gasteiger partial charge in [0, 0.05) is 51.9 Å². The standard InChI is InChI=1S/C23H26F2N6O2/c1-13-22(32)28-19-18(24)15(11-14-5-6-31(13)20(14)19)12-29-7-9-30(10-8-29)17-4-3-16(23(33)26-2)27-21(17)25/h3-4,11,13H,5-10,12H2,1-2H3,(H,26,33)(H,28,32). The predicted octanol–water partition coefficient (Wildman–Crippen LogP) is 1.74. The van der Waals surface area contributed by atoms with Crippen LogP contribution in [0.15, 0.2) is 18.2 Å². The Kier molecular flexibility index (Phi) is 5.40. The Balaban J connectivity index is 1.29. The van der Waals surface area contributed by atoms with Crippen LogP contribution >= 0.6 is 0 Å². The van der Waals surface area contributed by atoms with E-state index in [0.29, 0.717) is 49.7 Å². The number of hydrogen-bond acceptors (Lipinski definition) is 6. The fraction of sp³-hybridized carbons (Fsp3) is 0.435. The highest BCUT2D eigenvalue weighted by atomic mass is 19.1. The Bertz CT molecular complexity index is 1130. The molecule has 0 spiro atoms. The smallest absolute Gasteiger partial charge is 0.269 e. The summed E-state index contributed by atoms with van der Waals surface area (Å²) in [7, 11) is 1.47. The van der Waals surface area contributed by atoms with Crippen LogP contribution in [0.1, 0.15) is 28.5 Å². The van der Waals surface area contributed by atoms with Gasteiger partial charge in [0.1, 0.15) is 17.4 Å². The molecule has 2 N–H and O–H groups in total. The molecule has 0 bridgehead atoms.